The van der Waals surface area contributed by atoms with Crippen molar-refractivity contribution in [3.63, 3.8) is 0 Å². The maximum atomic E-state index is 13.7. The fraction of sp³-hybridized carbons (Fsp3) is 0.231. The molecule has 2 rings (SSSR count). The van der Waals surface area contributed by atoms with Crippen LogP contribution < -0.4 is 10.5 Å². The maximum Gasteiger partial charge on any atom is 0.165 e. The van der Waals surface area contributed by atoms with Crippen LogP contribution in [0.4, 0.5) is 4.39 Å². The van der Waals surface area contributed by atoms with Crippen molar-refractivity contribution in [1.82, 2.24) is 0 Å². The summed E-state index contributed by atoms with van der Waals surface area (Å²) in [6.07, 6.45) is -0.375. The molecule has 2 unspecified atom stereocenters. The summed E-state index contributed by atoms with van der Waals surface area (Å²) in [6.45, 7) is 1.84. The third-order valence-corrected chi connectivity index (χ3v) is 4.68. The van der Waals surface area contributed by atoms with Gasteiger partial charge in [-0.3, -0.25) is 0 Å². The number of rotatable bonds is 4. The van der Waals surface area contributed by atoms with Crippen LogP contribution in [0.2, 0.25) is 0 Å². The van der Waals surface area contributed by atoms with Crippen molar-refractivity contribution in [1.29, 1.82) is 0 Å². The summed E-state index contributed by atoms with van der Waals surface area (Å²) >= 11 is 8.23. The second-order valence-corrected chi connectivity index (χ2v) is 7.52. The third-order valence-electron chi connectivity index (χ3n) is 2.50. The molecule has 1 aromatic heterocycles. The number of ether oxygens (including phenoxy) is 1. The lowest BCUT2D eigenvalue weighted by Crippen LogP contribution is -2.28. The van der Waals surface area contributed by atoms with Gasteiger partial charge in [0.2, 0.25) is 0 Å². The van der Waals surface area contributed by atoms with E-state index in [1.165, 1.54) is 17.4 Å². The molecule has 0 spiro atoms. The Bertz CT molecular complexity index is 574. The Labute approximate surface area is 132 Å². The summed E-state index contributed by atoms with van der Waals surface area (Å²) < 4.78 is 21.2. The SMILES string of the molecule is CC(N)C(Oc1cc(Br)ccc1F)c1ccc(Br)s1. The summed E-state index contributed by atoms with van der Waals surface area (Å²) in [5.74, 6) is -0.203. The Balaban J connectivity index is 2.29. The lowest BCUT2D eigenvalue weighted by atomic mass is 10.1. The van der Waals surface area contributed by atoms with Crippen LogP contribution in [0.3, 0.4) is 0 Å². The first-order valence-electron chi connectivity index (χ1n) is 5.60. The largest absolute Gasteiger partial charge is 0.480 e. The molecule has 0 aliphatic carbocycles. The second kappa shape index (κ2) is 6.35. The molecule has 0 saturated heterocycles. The summed E-state index contributed by atoms with van der Waals surface area (Å²) in [6, 6.07) is 8.21. The molecule has 0 fully saturated rings. The van der Waals surface area contributed by atoms with Gasteiger partial charge in [0.1, 0.15) is 6.10 Å². The highest BCUT2D eigenvalue weighted by molar-refractivity contribution is 9.11. The lowest BCUT2D eigenvalue weighted by Gasteiger charge is -2.21. The quantitative estimate of drug-likeness (QED) is 0.782. The standard InChI is InChI=1S/C13H12Br2FNOS/c1-7(17)13(11-4-5-12(15)19-11)18-10-6-8(14)2-3-9(10)16/h2-7,13H,17H2,1H3. The van der Waals surface area contributed by atoms with Gasteiger partial charge in [-0.05, 0) is 53.2 Å². The molecule has 1 aromatic carbocycles. The molecule has 0 amide bonds. The maximum absolute atomic E-state index is 13.7. The van der Waals surface area contributed by atoms with Crippen LogP contribution in [-0.4, -0.2) is 6.04 Å². The first-order valence-corrected chi connectivity index (χ1v) is 8.00. The molecule has 0 aliphatic heterocycles. The summed E-state index contributed by atoms with van der Waals surface area (Å²) in [5.41, 5.74) is 5.95. The average Bonchev–Trinajstić information content (AvgIpc) is 2.76. The molecule has 0 radical (unpaired) electrons. The molecule has 0 aliphatic rings. The molecule has 2 atom stereocenters. The number of hydrogen-bond acceptors (Lipinski definition) is 3. The highest BCUT2D eigenvalue weighted by Gasteiger charge is 2.21. The van der Waals surface area contributed by atoms with Gasteiger partial charge in [-0.1, -0.05) is 15.9 Å². The fourth-order valence-electron chi connectivity index (χ4n) is 1.61. The van der Waals surface area contributed by atoms with Crippen LogP contribution in [0.25, 0.3) is 0 Å². The van der Waals surface area contributed by atoms with Gasteiger partial charge < -0.3 is 10.5 Å². The molecule has 2 nitrogen and oxygen atoms in total. The molecule has 19 heavy (non-hydrogen) atoms. The van der Waals surface area contributed by atoms with Crippen LogP contribution in [-0.2, 0) is 0 Å². The van der Waals surface area contributed by atoms with E-state index in [1.807, 2.05) is 19.1 Å². The Morgan fingerprint density at radius 1 is 1.26 bits per heavy atom. The number of hydrogen-bond donors (Lipinski definition) is 1. The van der Waals surface area contributed by atoms with Gasteiger partial charge in [0, 0.05) is 15.4 Å². The van der Waals surface area contributed by atoms with Gasteiger partial charge in [0.25, 0.3) is 0 Å². The van der Waals surface area contributed by atoms with Crippen molar-refractivity contribution in [3.05, 3.63) is 49.3 Å². The zero-order valence-corrected chi connectivity index (χ0v) is 14.1. The molecule has 1 heterocycles. The van der Waals surface area contributed by atoms with Gasteiger partial charge in [-0.2, -0.15) is 0 Å². The van der Waals surface area contributed by atoms with Crippen LogP contribution in [0, 0.1) is 5.82 Å². The van der Waals surface area contributed by atoms with Gasteiger partial charge in [-0.25, -0.2) is 4.39 Å². The third kappa shape index (κ3) is 3.78. The van der Waals surface area contributed by atoms with Crippen LogP contribution in [0.5, 0.6) is 5.75 Å². The minimum absolute atomic E-state index is 0.196. The Morgan fingerprint density at radius 2 is 2.00 bits per heavy atom. The highest BCUT2D eigenvalue weighted by Crippen LogP contribution is 2.33. The Kier molecular flexibility index (Phi) is 5.00. The lowest BCUT2D eigenvalue weighted by molar-refractivity contribution is 0.176. The molecular weight excluding hydrogens is 397 g/mol. The normalized spacial score (nSPS) is 14.2. The fourth-order valence-corrected chi connectivity index (χ4v) is 3.52. The predicted octanol–water partition coefficient (Wildman–Crippen LogP) is 4.88. The summed E-state index contributed by atoms with van der Waals surface area (Å²) in [5, 5.41) is 0. The number of halogens is 3. The molecular formula is C13H12Br2FNOS. The summed E-state index contributed by atoms with van der Waals surface area (Å²) in [7, 11) is 0. The van der Waals surface area contributed by atoms with Crippen molar-refractivity contribution in [2.75, 3.05) is 0 Å². The van der Waals surface area contributed by atoms with Crippen molar-refractivity contribution in [2.45, 2.75) is 19.1 Å². The van der Waals surface area contributed by atoms with E-state index in [0.29, 0.717) is 0 Å². The van der Waals surface area contributed by atoms with E-state index in [1.54, 1.807) is 12.1 Å². The predicted molar refractivity (Wildman–Crippen MR) is 83.1 cm³/mol. The van der Waals surface area contributed by atoms with Crippen molar-refractivity contribution in [2.24, 2.45) is 5.73 Å². The van der Waals surface area contributed by atoms with E-state index in [2.05, 4.69) is 31.9 Å². The van der Waals surface area contributed by atoms with E-state index in [4.69, 9.17) is 10.5 Å². The first-order chi connectivity index (χ1) is 8.97. The van der Waals surface area contributed by atoms with E-state index in [-0.39, 0.29) is 17.9 Å². The van der Waals surface area contributed by atoms with E-state index in [9.17, 15) is 4.39 Å². The van der Waals surface area contributed by atoms with Gasteiger partial charge in [0.15, 0.2) is 11.6 Å². The van der Waals surface area contributed by atoms with Gasteiger partial charge in [0.05, 0.1) is 3.79 Å². The molecule has 2 aromatic rings. The van der Waals surface area contributed by atoms with Crippen molar-refractivity contribution >= 4 is 43.2 Å². The average molecular weight is 409 g/mol. The number of nitrogens with two attached hydrogens (primary N) is 1. The molecule has 0 saturated carbocycles. The smallest absolute Gasteiger partial charge is 0.165 e. The Morgan fingerprint density at radius 3 is 2.58 bits per heavy atom. The first kappa shape index (κ1) is 15.0. The van der Waals surface area contributed by atoms with Crippen molar-refractivity contribution < 1.29 is 9.13 Å². The van der Waals surface area contributed by atoms with Crippen LogP contribution >= 0.6 is 43.2 Å². The van der Waals surface area contributed by atoms with Crippen molar-refractivity contribution in [3.8, 4) is 5.75 Å². The minimum Gasteiger partial charge on any atom is -0.480 e. The molecule has 102 valence electrons. The minimum atomic E-state index is -0.399. The van der Waals surface area contributed by atoms with Crippen LogP contribution in [0.1, 0.15) is 17.9 Å². The molecule has 6 heteroatoms. The molecule has 0 bridgehead atoms. The van der Waals surface area contributed by atoms with Crippen LogP contribution in [0.15, 0.2) is 38.6 Å². The zero-order chi connectivity index (χ0) is 14.0. The monoisotopic (exact) mass is 407 g/mol. The van der Waals surface area contributed by atoms with Gasteiger partial charge >= 0.3 is 0 Å². The highest BCUT2D eigenvalue weighted by atomic mass is 79.9. The second-order valence-electron chi connectivity index (χ2n) is 4.11. The zero-order valence-electron chi connectivity index (χ0n) is 10.1. The number of thiophene rings is 1. The molecule has 2 N–H and O–H groups in total. The number of benzene rings is 1. The van der Waals surface area contributed by atoms with E-state index in [0.717, 1.165) is 13.1 Å². The summed E-state index contributed by atoms with van der Waals surface area (Å²) in [4.78, 5) is 0.959. The van der Waals surface area contributed by atoms with E-state index < -0.39 is 5.82 Å². The van der Waals surface area contributed by atoms with Gasteiger partial charge in [-0.15, -0.1) is 11.3 Å². The topological polar surface area (TPSA) is 35.2 Å². The Hall–Kier alpha value is -0.430. The van der Waals surface area contributed by atoms with E-state index >= 15 is 0 Å².